The standard InChI is InChI=1S/C19H29NO3/c1-4-15(3)18(21)20-14-19(10-12-22-13-11-19)16-6-8-17(9-7-16)23-5-2/h6-9,15H,4-5,10-14H2,1-3H3,(H,20,21)/t15-/m0/s1. The normalized spacial score (nSPS) is 18.2. The third-order valence-electron chi connectivity index (χ3n) is 4.89. The smallest absolute Gasteiger partial charge is 0.222 e. The molecule has 1 atom stereocenters. The van der Waals surface area contributed by atoms with Gasteiger partial charge in [-0.2, -0.15) is 0 Å². The Morgan fingerprint density at radius 3 is 2.48 bits per heavy atom. The topological polar surface area (TPSA) is 47.6 Å². The Hall–Kier alpha value is -1.55. The van der Waals surface area contributed by atoms with E-state index in [1.165, 1.54) is 5.56 Å². The second-order valence-corrected chi connectivity index (χ2v) is 6.38. The number of rotatable bonds is 7. The van der Waals surface area contributed by atoms with Gasteiger partial charge in [0.1, 0.15) is 5.75 Å². The molecule has 2 rings (SSSR count). The van der Waals surface area contributed by atoms with Crippen LogP contribution in [0.3, 0.4) is 0 Å². The van der Waals surface area contributed by atoms with Crippen molar-refractivity contribution in [3.63, 3.8) is 0 Å². The van der Waals surface area contributed by atoms with E-state index in [-0.39, 0.29) is 17.2 Å². The molecule has 23 heavy (non-hydrogen) atoms. The molecule has 1 aliphatic heterocycles. The lowest BCUT2D eigenvalue weighted by molar-refractivity contribution is -0.125. The van der Waals surface area contributed by atoms with Gasteiger partial charge in [-0.1, -0.05) is 26.0 Å². The Labute approximate surface area is 139 Å². The van der Waals surface area contributed by atoms with Crippen molar-refractivity contribution in [3.8, 4) is 5.75 Å². The Morgan fingerprint density at radius 2 is 1.91 bits per heavy atom. The predicted octanol–water partition coefficient (Wildman–Crippen LogP) is 3.30. The monoisotopic (exact) mass is 319 g/mol. The molecule has 0 spiro atoms. The van der Waals surface area contributed by atoms with E-state index in [1.54, 1.807) is 0 Å². The highest BCUT2D eigenvalue weighted by molar-refractivity contribution is 5.78. The molecule has 0 bridgehead atoms. The first-order chi connectivity index (χ1) is 11.1. The summed E-state index contributed by atoms with van der Waals surface area (Å²) in [6.45, 7) is 8.83. The van der Waals surface area contributed by atoms with Crippen LogP contribution in [0.5, 0.6) is 5.75 Å². The predicted molar refractivity (Wildman–Crippen MR) is 91.8 cm³/mol. The molecular weight excluding hydrogens is 290 g/mol. The SMILES string of the molecule is CCOc1ccc(C2(CNC(=O)[C@@H](C)CC)CCOCC2)cc1. The minimum absolute atomic E-state index is 0.0356. The van der Waals surface area contributed by atoms with Crippen LogP contribution in [-0.2, 0) is 14.9 Å². The molecule has 4 heteroatoms. The van der Waals surface area contributed by atoms with Crippen molar-refractivity contribution in [1.29, 1.82) is 0 Å². The molecule has 4 nitrogen and oxygen atoms in total. The highest BCUT2D eigenvalue weighted by atomic mass is 16.5. The summed E-state index contributed by atoms with van der Waals surface area (Å²) >= 11 is 0. The van der Waals surface area contributed by atoms with Gasteiger partial charge in [0.2, 0.25) is 5.91 Å². The fourth-order valence-electron chi connectivity index (χ4n) is 3.02. The number of carbonyl (C=O) groups is 1. The zero-order valence-electron chi connectivity index (χ0n) is 14.6. The maximum atomic E-state index is 12.2. The Bertz CT molecular complexity index is 492. The molecule has 1 heterocycles. The van der Waals surface area contributed by atoms with Gasteiger partial charge in [-0.05, 0) is 43.9 Å². The largest absolute Gasteiger partial charge is 0.494 e. The van der Waals surface area contributed by atoms with Crippen LogP contribution in [0, 0.1) is 5.92 Å². The van der Waals surface area contributed by atoms with Gasteiger partial charge in [0.25, 0.3) is 0 Å². The van der Waals surface area contributed by atoms with E-state index in [0.717, 1.165) is 38.2 Å². The molecule has 1 aromatic carbocycles. The zero-order valence-corrected chi connectivity index (χ0v) is 14.6. The number of nitrogens with one attached hydrogen (secondary N) is 1. The van der Waals surface area contributed by atoms with Gasteiger partial charge >= 0.3 is 0 Å². The van der Waals surface area contributed by atoms with Crippen LogP contribution in [0.15, 0.2) is 24.3 Å². The van der Waals surface area contributed by atoms with Crippen molar-refractivity contribution in [2.45, 2.75) is 45.4 Å². The van der Waals surface area contributed by atoms with E-state index < -0.39 is 0 Å². The first kappa shape index (κ1) is 17.8. The van der Waals surface area contributed by atoms with Gasteiger partial charge in [0.15, 0.2) is 0 Å². The van der Waals surface area contributed by atoms with Crippen LogP contribution in [0.25, 0.3) is 0 Å². The van der Waals surface area contributed by atoms with Crippen molar-refractivity contribution >= 4 is 5.91 Å². The van der Waals surface area contributed by atoms with E-state index >= 15 is 0 Å². The third-order valence-corrected chi connectivity index (χ3v) is 4.89. The van der Waals surface area contributed by atoms with Gasteiger partial charge in [-0.15, -0.1) is 0 Å². The molecular formula is C19H29NO3. The molecule has 1 N–H and O–H groups in total. The van der Waals surface area contributed by atoms with Crippen LogP contribution in [0.1, 0.15) is 45.6 Å². The Morgan fingerprint density at radius 1 is 1.26 bits per heavy atom. The summed E-state index contributed by atoms with van der Waals surface area (Å²) in [5.74, 6) is 1.10. The minimum atomic E-state index is -0.0356. The summed E-state index contributed by atoms with van der Waals surface area (Å²) in [5, 5.41) is 3.16. The molecule has 0 radical (unpaired) electrons. The van der Waals surface area contributed by atoms with E-state index in [1.807, 2.05) is 32.9 Å². The fourth-order valence-corrected chi connectivity index (χ4v) is 3.02. The van der Waals surface area contributed by atoms with Gasteiger partial charge in [-0.3, -0.25) is 4.79 Å². The minimum Gasteiger partial charge on any atom is -0.494 e. The summed E-state index contributed by atoms with van der Waals surface area (Å²) in [6.07, 6.45) is 2.73. The molecule has 1 saturated heterocycles. The quantitative estimate of drug-likeness (QED) is 0.839. The lowest BCUT2D eigenvalue weighted by Gasteiger charge is -2.38. The van der Waals surface area contributed by atoms with E-state index in [9.17, 15) is 4.79 Å². The molecule has 0 aliphatic carbocycles. The van der Waals surface area contributed by atoms with Crippen LogP contribution < -0.4 is 10.1 Å². The molecule has 0 saturated carbocycles. The number of benzene rings is 1. The summed E-state index contributed by atoms with van der Waals surface area (Å²) in [5.41, 5.74) is 1.22. The number of carbonyl (C=O) groups excluding carboxylic acids is 1. The second-order valence-electron chi connectivity index (χ2n) is 6.38. The summed E-state index contributed by atoms with van der Waals surface area (Å²) in [6, 6.07) is 8.30. The number of hydrogen-bond donors (Lipinski definition) is 1. The Kier molecular flexibility index (Phi) is 6.46. The molecule has 128 valence electrons. The molecule has 0 aromatic heterocycles. The fraction of sp³-hybridized carbons (Fsp3) is 0.632. The first-order valence-electron chi connectivity index (χ1n) is 8.70. The van der Waals surface area contributed by atoms with Gasteiger partial charge in [0, 0.05) is 31.1 Å². The summed E-state index contributed by atoms with van der Waals surface area (Å²) in [7, 11) is 0. The van der Waals surface area contributed by atoms with Crippen LogP contribution in [0.4, 0.5) is 0 Å². The first-order valence-corrected chi connectivity index (χ1v) is 8.70. The highest BCUT2D eigenvalue weighted by Crippen LogP contribution is 2.35. The van der Waals surface area contributed by atoms with E-state index in [0.29, 0.717) is 13.2 Å². The average molecular weight is 319 g/mol. The molecule has 0 unspecified atom stereocenters. The molecule has 1 aliphatic rings. The molecule has 1 fully saturated rings. The van der Waals surface area contributed by atoms with Crippen molar-refractivity contribution < 1.29 is 14.3 Å². The van der Waals surface area contributed by atoms with Gasteiger partial charge < -0.3 is 14.8 Å². The third kappa shape index (κ3) is 4.47. The summed E-state index contributed by atoms with van der Waals surface area (Å²) < 4.78 is 11.1. The van der Waals surface area contributed by atoms with E-state index in [4.69, 9.17) is 9.47 Å². The lowest BCUT2D eigenvalue weighted by Crippen LogP contribution is -2.45. The maximum Gasteiger partial charge on any atom is 0.222 e. The number of amides is 1. The molecule has 1 amide bonds. The number of hydrogen-bond acceptors (Lipinski definition) is 3. The van der Waals surface area contributed by atoms with Crippen molar-refractivity contribution in [3.05, 3.63) is 29.8 Å². The number of ether oxygens (including phenoxy) is 2. The van der Waals surface area contributed by atoms with Gasteiger partial charge in [0.05, 0.1) is 6.61 Å². The lowest BCUT2D eigenvalue weighted by atomic mass is 9.74. The van der Waals surface area contributed by atoms with Crippen molar-refractivity contribution in [2.24, 2.45) is 5.92 Å². The maximum absolute atomic E-state index is 12.2. The van der Waals surface area contributed by atoms with Crippen LogP contribution in [0.2, 0.25) is 0 Å². The Balaban J connectivity index is 2.13. The zero-order chi connectivity index (χ0) is 16.7. The van der Waals surface area contributed by atoms with Crippen LogP contribution in [-0.4, -0.2) is 32.3 Å². The molecule has 1 aromatic rings. The van der Waals surface area contributed by atoms with E-state index in [2.05, 4.69) is 17.4 Å². The van der Waals surface area contributed by atoms with Gasteiger partial charge in [-0.25, -0.2) is 0 Å². The second kappa shape index (κ2) is 8.34. The van der Waals surface area contributed by atoms with Crippen LogP contribution >= 0.6 is 0 Å². The van der Waals surface area contributed by atoms with Crippen molar-refractivity contribution in [2.75, 3.05) is 26.4 Å². The van der Waals surface area contributed by atoms with Crippen molar-refractivity contribution in [1.82, 2.24) is 5.32 Å². The average Bonchev–Trinajstić information content (AvgIpc) is 2.60. The summed E-state index contributed by atoms with van der Waals surface area (Å²) in [4.78, 5) is 12.2. The highest BCUT2D eigenvalue weighted by Gasteiger charge is 2.35.